The molecule has 114 valence electrons. The second-order valence-corrected chi connectivity index (χ2v) is 5.94. The lowest BCUT2D eigenvalue weighted by molar-refractivity contribution is -0.137. The third kappa shape index (κ3) is 3.03. The van der Waals surface area contributed by atoms with Crippen LogP contribution >= 0.6 is 11.3 Å². The van der Waals surface area contributed by atoms with Gasteiger partial charge >= 0.3 is 5.97 Å². The number of fused-ring (bicyclic) bond motifs is 1. The number of aromatic nitrogens is 2. The fraction of sp³-hybridized carbons (Fsp3) is 0.250. The number of carbonyl (C=O) groups is 1. The number of nitrogens with one attached hydrogen (secondary N) is 1. The predicted molar refractivity (Wildman–Crippen MR) is 86.9 cm³/mol. The van der Waals surface area contributed by atoms with Gasteiger partial charge in [-0.05, 0) is 34.5 Å². The Bertz CT molecular complexity index is 780. The maximum atomic E-state index is 11.1. The molecule has 0 fully saturated rings. The second-order valence-electron chi connectivity index (χ2n) is 5.16. The Morgan fingerprint density at radius 3 is 2.91 bits per heavy atom. The van der Waals surface area contributed by atoms with E-state index in [9.17, 15) is 4.79 Å². The number of benzene rings is 1. The van der Waals surface area contributed by atoms with Gasteiger partial charge in [0.2, 0.25) is 0 Å². The van der Waals surface area contributed by atoms with Crippen LogP contribution in [0.1, 0.15) is 23.9 Å². The standard InChI is InChI=1S/C16H17N3O2S/c1-19-14-5-3-2-4-12(14)18-15(19)9-17-13(8-16(20)21)11-6-7-22-10-11/h2-7,10,13,17H,8-9H2,1H3,(H,20,21)/t13-/m0/s1. The van der Waals surface area contributed by atoms with E-state index >= 15 is 0 Å². The van der Waals surface area contributed by atoms with Crippen LogP contribution in [0.15, 0.2) is 41.1 Å². The zero-order valence-electron chi connectivity index (χ0n) is 12.2. The minimum atomic E-state index is -0.811. The molecule has 2 aromatic heterocycles. The first kappa shape index (κ1) is 14.7. The third-order valence-electron chi connectivity index (χ3n) is 3.71. The molecule has 0 aliphatic rings. The summed E-state index contributed by atoms with van der Waals surface area (Å²) in [5.74, 6) is 0.0838. The number of hydrogen-bond acceptors (Lipinski definition) is 4. The Balaban J connectivity index is 1.78. The summed E-state index contributed by atoms with van der Waals surface area (Å²) in [6, 6.07) is 9.71. The van der Waals surface area contributed by atoms with Crippen molar-refractivity contribution in [2.75, 3.05) is 0 Å². The van der Waals surface area contributed by atoms with Crippen LogP contribution in [0.25, 0.3) is 11.0 Å². The largest absolute Gasteiger partial charge is 0.481 e. The van der Waals surface area contributed by atoms with Gasteiger partial charge in [-0.15, -0.1) is 0 Å². The Morgan fingerprint density at radius 2 is 2.23 bits per heavy atom. The summed E-state index contributed by atoms with van der Waals surface area (Å²) < 4.78 is 2.04. The average Bonchev–Trinajstić information content (AvgIpc) is 3.12. The Morgan fingerprint density at radius 1 is 1.41 bits per heavy atom. The van der Waals surface area contributed by atoms with Gasteiger partial charge in [0.25, 0.3) is 0 Å². The number of carboxylic acid groups (broad SMARTS) is 1. The lowest BCUT2D eigenvalue weighted by atomic mass is 10.1. The van der Waals surface area contributed by atoms with Crippen molar-refractivity contribution in [1.29, 1.82) is 0 Å². The van der Waals surface area contributed by atoms with Crippen molar-refractivity contribution in [1.82, 2.24) is 14.9 Å². The van der Waals surface area contributed by atoms with E-state index in [0.717, 1.165) is 22.4 Å². The molecule has 0 radical (unpaired) electrons. The molecule has 1 aromatic carbocycles. The molecule has 6 heteroatoms. The molecule has 0 unspecified atom stereocenters. The number of nitrogens with zero attached hydrogens (tertiary/aromatic N) is 2. The lowest BCUT2D eigenvalue weighted by Gasteiger charge is -2.15. The molecule has 3 aromatic rings. The van der Waals surface area contributed by atoms with E-state index in [4.69, 9.17) is 5.11 Å². The fourth-order valence-electron chi connectivity index (χ4n) is 2.52. The average molecular weight is 315 g/mol. The highest BCUT2D eigenvalue weighted by Crippen LogP contribution is 2.21. The number of carboxylic acids is 1. The van der Waals surface area contributed by atoms with E-state index in [-0.39, 0.29) is 12.5 Å². The highest BCUT2D eigenvalue weighted by atomic mass is 32.1. The first-order valence-corrected chi connectivity index (χ1v) is 7.97. The quantitative estimate of drug-likeness (QED) is 0.734. The van der Waals surface area contributed by atoms with Crippen LogP contribution in [0.3, 0.4) is 0 Å². The summed E-state index contributed by atoms with van der Waals surface area (Å²) in [7, 11) is 1.98. The maximum absolute atomic E-state index is 11.1. The van der Waals surface area contributed by atoms with E-state index < -0.39 is 5.97 Å². The summed E-state index contributed by atoms with van der Waals surface area (Å²) in [5, 5.41) is 16.3. The molecule has 0 aliphatic carbocycles. The van der Waals surface area contributed by atoms with E-state index in [1.807, 2.05) is 52.7 Å². The number of aliphatic carboxylic acids is 1. The molecule has 0 saturated carbocycles. The van der Waals surface area contributed by atoms with Crippen molar-refractivity contribution in [2.24, 2.45) is 7.05 Å². The van der Waals surface area contributed by atoms with Crippen LogP contribution in [0, 0.1) is 0 Å². The minimum absolute atomic E-state index is 0.0562. The van der Waals surface area contributed by atoms with Gasteiger partial charge < -0.3 is 15.0 Å². The first-order chi connectivity index (χ1) is 10.6. The van der Waals surface area contributed by atoms with Crippen LogP contribution in [0.2, 0.25) is 0 Å². The molecule has 0 aliphatic heterocycles. The minimum Gasteiger partial charge on any atom is -0.481 e. The monoisotopic (exact) mass is 315 g/mol. The van der Waals surface area contributed by atoms with Crippen LogP contribution in [0.5, 0.6) is 0 Å². The van der Waals surface area contributed by atoms with Crippen LogP contribution < -0.4 is 5.32 Å². The van der Waals surface area contributed by atoms with Gasteiger partial charge in [-0.25, -0.2) is 4.98 Å². The molecule has 5 nitrogen and oxygen atoms in total. The second kappa shape index (κ2) is 6.29. The molecule has 3 rings (SSSR count). The summed E-state index contributed by atoms with van der Waals surface area (Å²) in [4.78, 5) is 15.7. The molecule has 1 atom stereocenters. The van der Waals surface area contributed by atoms with E-state index in [2.05, 4.69) is 10.3 Å². The number of para-hydroxylation sites is 2. The van der Waals surface area contributed by atoms with E-state index in [0.29, 0.717) is 6.54 Å². The zero-order valence-corrected chi connectivity index (χ0v) is 13.0. The SMILES string of the molecule is Cn1c(CN[C@@H](CC(=O)O)c2ccsc2)nc2ccccc21. The van der Waals surface area contributed by atoms with Crippen molar-refractivity contribution in [3.05, 3.63) is 52.5 Å². The number of imidazole rings is 1. The molecule has 0 spiro atoms. The summed E-state index contributed by atoms with van der Waals surface area (Å²) in [6.45, 7) is 0.527. The van der Waals surface area contributed by atoms with E-state index in [1.165, 1.54) is 0 Å². The molecular weight excluding hydrogens is 298 g/mol. The van der Waals surface area contributed by atoms with Gasteiger partial charge in [-0.2, -0.15) is 11.3 Å². The van der Waals surface area contributed by atoms with Crippen LogP contribution in [0.4, 0.5) is 0 Å². The zero-order chi connectivity index (χ0) is 15.5. The molecule has 2 heterocycles. The van der Waals surface area contributed by atoms with Crippen LogP contribution in [-0.2, 0) is 18.4 Å². The summed E-state index contributed by atoms with van der Waals surface area (Å²) in [5.41, 5.74) is 3.03. The number of hydrogen-bond donors (Lipinski definition) is 2. The van der Waals surface area contributed by atoms with Crippen molar-refractivity contribution in [2.45, 2.75) is 19.0 Å². The number of thiophene rings is 1. The van der Waals surface area contributed by atoms with Gasteiger partial charge in [-0.1, -0.05) is 12.1 Å². The van der Waals surface area contributed by atoms with Crippen molar-refractivity contribution in [3.8, 4) is 0 Å². The third-order valence-corrected chi connectivity index (χ3v) is 4.41. The fourth-order valence-corrected chi connectivity index (χ4v) is 3.24. The van der Waals surface area contributed by atoms with Gasteiger partial charge in [0.15, 0.2) is 0 Å². The van der Waals surface area contributed by atoms with Crippen molar-refractivity contribution in [3.63, 3.8) is 0 Å². The van der Waals surface area contributed by atoms with Gasteiger partial charge in [-0.3, -0.25) is 4.79 Å². The highest BCUT2D eigenvalue weighted by molar-refractivity contribution is 7.07. The van der Waals surface area contributed by atoms with Crippen LogP contribution in [-0.4, -0.2) is 20.6 Å². The molecule has 0 saturated heterocycles. The van der Waals surface area contributed by atoms with Crippen molar-refractivity contribution < 1.29 is 9.90 Å². The molecule has 22 heavy (non-hydrogen) atoms. The Hall–Kier alpha value is -2.18. The molecule has 0 bridgehead atoms. The van der Waals surface area contributed by atoms with Crippen molar-refractivity contribution >= 4 is 28.3 Å². The maximum Gasteiger partial charge on any atom is 0.305 e. The van der Waals surface area contributed by atoms with E-state index in [1.54, 1.807) is 11.3 Å². The van der Waals surface area contributed by atoms with Gasteiger partial charge in [0.05, 0.1) is 24.0 Å². The predicted octanol–water partition coefficient (Wildman–Crippen LogP) is 2.94. The van der Waals surface area contributed by atoms with Gasteiger partial charge in [0, 0.05) is 13.1 Å². The molecule has 2 N–H and O–H groups in total. The number of aryl methyl sites for hydroxylation is 1. The van der Waals surface area contributed by atoms with Gasteiger partial charge in [0.1, 0.15) is 5.82 Å². The Labute approximate surface area is 132 Å². The topological polar surface area (TPSA) is 67.2 Å². The Kier molecular flexibility index (Phi) is 4.22. The molecular formula is C16H17N3O2S. The highest BCUT2D eigenvalue weighted by Gasteiger charge is 2.17. The lowest BCUT2D eigenvalue weighted by Crippen LogP contribution is -2.24. The summed E-state index contributed by atoms with van der Waals surface area (Å²) >= 11 is 1.57. The normalized spacial score (nSPS) is 12.6. The smallest absolute Gasteiger partial charge is 0.305 e. The molecule has 0 amide bonds. The first-order valence-electron chi connectivity index (χ1n) is 7.03. The number of rotatable bonds is 6. The summed E-state index contributed by atoms with van der Waals surface area (Å²) in [6.07, 6.45) is 0.0562.